The monoisotopic (exact) mass is 278 g/mol. The van der Waals surface area contributed by atoms with Crippen LogP contribution in [0.1, 0.15) is 56.7 Å². The van der Waals surface area contributed by atoms with Crippen molar-refractivity contribution in [3.8, 4) is 0 Å². The van der Waals surface area contributed by atoms with Gasteiger partial charge in [0.2, 0.25) is 0 Å². The average molecular weight is 278 g/mol. The normalized spacial score (nSPS) is 23.8. The Hall–Kier alpha value is -0.800. The molecule has 1 N–H and O–H groups in total. The second-order valence-electron chi connectivity index (χ2n) is 6.34. The highest BCUT2D eigenvalue weighted by Crippen LogP contribution is 2.25. The van der Waals surface area contributed by atoms with Gasteiger partial charge in [0.25, 0.3) is 0 Å². The molecule has 3 nitrogen and oxygen atoms in total. The van der Waals surface area contributed by atoms with Crippen LogP contribution in [-0.2, 0) is 0 Å². The predicted octanol–water partition coefficient (Wildman–Crippen LogP) is 3.67. The summed E-state index contributed by atoms with van der Waals surface area (Å²) in [5.41, 5.74) is 1.30. The highest BCUT2D eigenvalue weighted by Gasteiger charge is 2.25. The van der Waals surface area contributed by atoms with Crippen molar-refractivity contribution in [2.24, 2.45) is 5.92 Å². The highest BCUT2D eigenvalue weighted by molar-refractivity contribution is 5.23. The summed E-state index contributed by atoms with van der Waals surface area (Å²) in [4.78, 5) is 2.57. The lowest BCUT2D eigenvalue weighted by Crippen LogP contribution is -2.45. The molecule has 0 radical (unpaired) electrons. The Bertz CT molecular complexity index is 427. The zero-order valence-corrected chi connectivity index (χ0v) is 13.7. The molecular weight excluding hydrogens is 248 g/mol. The van der Waals surface area contributed by atoms with Crippen LogP contribution in [0.2, 0.25) is 0 Å². The minimum absolute atomic E-state index is 0.361. The van der Waals surface area contributed by atoms with Crippen molar-refractivity contribution in [3.63, 3.8) is 0 Å². The summed E-state index contributed by atoms with van der Waals surface area (Å²) in [6.45, 7) is 14.6. The largest absolute Gasteiger partial charge is 0.466 e. The number of furan rings is 1. The minimum Gasteiger partial charge on any atom is -0.466 e. The van der Waals surface area contributed by atoms with E-state index in [1.165, 1.54) is 38.0 Å². The van der Waals surface area contributed by atoms with E-state index in [0.717, 1.165) is 17.4 Å². The van der Waals surface area contributed by atoms with E-state index in [-0.39, 0.29) is 0 Å². The summed E-state index contributed by atoms with van der Waals surface area (Å²) < 4.78 is 5.65. The van der Waals surface area contributed by atoms with Crippen LogP contribution < -0.4 is 5.32 Å². The molecule has 3 unspecified atom stereocenters. The lowest BCUT2D eigenvalue weighted by atomic mass is 9.90. The lowest BCUT2D eigenvalue weighted by Gasteiger charge is -2.36. The molecular formula is C17H30N2O. The van der Waals surface area contributed by atoms with E-state index < -0.39 is 0 Å². The van der Waals surface area contributed by atoms with Crippen LogP contribution in [0, 0.1) is 19.8 Å². The van der Waals surface area contributed by atoms with E-state index in [1.807, 2.05) is 6.92 Å². The van der Waals surface area contributed by atoms with Crippen LogP contribution in [0.5, 0.6) is 0 Å². The van der Waals surface area contributed by atoms with Gasteiger partial charge in [0.15, 0.2) is 0 Å². The third kappa shape index (κ3) is 3.64. The Kier molecular flexibility index (Phi) is 5.28. The van der Waals surface area contributed by atoms with Crippen LogP contribution in [0.3, 0.4) is 0 Å². The second kappa shape index (κ2) is 6.77. The molecule has 1 aromatic rings. The standard InChI is InChI=1S/C17H30N2O/c1-6-19-9-7-8-16(11-19)13(3)18-14(4)17-10-12(2)20-15(17)5/h10,13-14,16,18H,6-9,11H2,1-5H3. The lowest BCUT2D eigenvalue weighted by molar-refractivity contribution is 0.153. The number of nitrogens with zero attached hydrogens (tertiary/aromatic N) is 1. The fourth-order valence-corrected chi connectivity index (χ4v) is 3.49. The highest BCUT2D eigenvalue weighted by atomic mass is 16.3. The fourth-order valence-electron chi connectivity index (χ4n) is 3.49. The second-order valence-corrected chi connectivity index (χ2v) is 6.34. The number of piperidine rings is 1. The number of aryl methyl sites for hydroxylation is 2. The molecule has 1 saturated heterocycles. The van der Waals surface area contributed by atoms with Gasteiger partial charge in [-0.2, -0.15) is 0 Å². The maximum absolute atomic E-state index is 5.65. The summed E-state index contributed by atoms with van der Waals surface area (Å²) in [5.74, 6) is 2.82. The zero-order valence-electron chi connectivity index (χ0n) is 13.7. The molecule has 1 fully saturated rings. The molecule has 0 bridgehead atoms. The number of nitrogens with one attached hydrogen (secondary N) is 1. The first-order chi connectivity index (χ1) is 9.51. The maximum atomic E-state index is 5.65. The molecule has 3 heteroatoms. The van der Waals surface area contributed by atoms with Gasteiger partial charge in [-0.3, -0.25) is 0 Å². The third-order valence-corrected chi connectivity index (χ3v) is 4.76. The van der Waals surface area contributed by atoms with E-state index in [0.29, 0.717) is 12.1 Å². The van der Waals surface area contributed by atoms with E-state index in [9.17, 15) is 0 Å². The van der Waals surface area contributed by atoms with E-state index >= 15 is 0 Å². The average Bonchev–Trinajstić information content (AvgIpc) is 2.77. The summed E-state index contributed by atoms with van der Waals surface area (Å²) in [5, 5.41) is 3.78. The van der Waals surface area contributed by atoms with Gasteiger partial charge in [-0.1, -0.05) is 6.92 Å². The van der Waals surface area contributed by atoms with Crippen molar-refractivity contribution in [1.29, 1.82) is 0 Å². The summed E-state index contributed by atoms with van der Waals surface area (Å²) in [7, 11) is 0. The Morgan fingerprint density at radius 1 is 1.40 bits per heavy atom. The number of rotatable bonds is 5. The first kappa shape index (κ1) is 15.6. The van der Waals surface area contributed by atoms with Gasteiger partial charge in [-0.05, 0) is 65.6 Å². The Morgan fingerprint density at radius 2 is 2.15 bits per heavy atom. The Balaban J connectivity index is 1.93. The molecule has 114 valence electrons. The maximum Gasteiger partial charge on any atom is 0.105 e. The number of hydrogen-bond acceptors (Lipinski definition) is 3. The first-order valence-corrected chi connectivity index (χ1v) is 8.06. The predicted molar refractivity (Wildman–Crippen MR) is 84.0 cm³/mol. The molecule has 0 aliphatic carbocycles. The summed E-state index contributed by atoms with van der Waals surface area (Å²) in [6, 6.07) is 3.08. The molecule has 2 rings (SSSR count). The van der Waals surface area contributed by atoms with Crippen LogP contribution in [0.15, 0.2) is 10.5 Å². The molecule has 0 aromatic carbocycles. The van der Waals surface area contributed by atoms with Crippen molar-refractivity contribution < 1.29 is 4.42 Å². The molecule has 20 heavy (non-hydrogen) atoms. The quantitative estimate of drug-likeness (QED) is 0.891. The van der Waals surface area contributed by atoms with Crippen LogP contribution in [-0.4, -0.2) is 30.6 Å². The van der Waals surface area contributed by atoms with Crippen LogP contribution in [0.25, 0.3) is 0 Å². The molecule has 0 saturated carbocycles. The molecule has 3 atom stereocenters. The molecule has 1 aromatic heterocycles. The van der Waals surface area contributed by atoms with Crippen molar-refractivity contribution in [2.45, 2.75) is 59.5 Å². The first-order valence-electron chi connectivity index (χ1n) is 8.06. The van der Waals surface area contributed by atoms with Crippen molar-refractivity contribution in [3.05, 3.63) is 23.2 Å². The zero-order chi connectivity index (χ0) is 14.7. The topological polar surface area (TPSA) is 28.4 Å². The molecule has 1 aliphatic rings. The van der Waals surface area contributed by atoms with Gasteiger partial charge < -0.3 is 14.6 Å². The SMILES string of the molecule is CCN1CCCC(C(C)NC(C)c2cc(C)oc2C)C1. The fraction of sp³-hybridized carbons (Fsp3) is 0.765. The van der Waals surface area contributed by atoms with Gasteiger partial charge in [0, 0.05) is 24.2 Å². The smallest absolute Gasteiger partial charge is 0.105 e. The van der Waals surface area contributed by atoms with Crippen molar-refractivity contribution >= 4 is 0 Å². The Morgan fingerprint density at radius 3 is 2.75 bits per heavy atom. The summed E-state index contributed by atoms with van der Waals surface area (Å²) in [6.07, 6.45) is 2.68. The summed E-state index contributed by atoms with van der Waals surface area (Å²) >= 11 is 0. The van der Waals surface area contributed by atoms with E-state index in [1.54, 1.807) is 0 Å². The van der Waals surface area contributed by atoms with Gasteiger partial charge in [-0.15, -0.1) is 0 Å². The van der Waals surface area contributed by atoms with Gasteiger partial charge in [0.05, 0.1) is 0 Å². The van der Waals surface area contributed by atoms with Crippen LogP contribution in [0.4, 0.5) is 0 Å². The molecule has 0 amide bonds. The van der Waals surface area contributed by atoms with Crippen molar-refractivity contribution in [1.82, 2.24) is 10.2 Å². The van der Waals surface area contributed by atoms with Crippen molar-refractivity contribution in [2.75, 3.05) is 19.6 Å². The minimum atomic E-state index is 0.361. The van der Waals surface area contributed by atoms with E-state index in [2.05, 4.69) is 44.0 Å². The van der Waals surface area contributed by atoms with E-state index in [4.69, 9.17) is 4.42 Å². The van der Waals surface area contributed by atoms with Gasteiger partial charge in [-0.25, -0.2) is 0 Å². The molecule has 2 heterocycles. The number of likely N-dealkylation sites (tertiary alicyclic amines) is 1. The van der Waals surface area contributed by atoms with Gasteiger partial charge >= 0.3 is 0 Å². The third-order valence-electron chi connectivity index (χ3n) is 4.76. The molecule has 0 spiro atoms. The van der Waals surface area contributed by atoms with Crippen LogP contribution >= 0.6 is 0 Å². The number of hydrogen-bond donors (Lipinski definition) is 1. The molecule has 1 aliphatic heterocycles. The Labute approximate surface area is 123 Å². The van der Waals surface area contributed by atoms with Gasteiger partial charge in [0.1, 0.15) is 11.5 Å².